The number of hydrogen-bond donors (Lipinski definition) is 0. The van der Waals surface area contributed by atoms with Crippen LogP contribution in [0.3, 0.4) is 0 Å². The van der Waals surface area contributed by atoms with Crippen molar-refractivity contribution in [2.75, 3.05) is 7.11 Å². The van der Waals surface area contributed by atoms with Gasteiger partial charge >= 0.3 is 0 Å². The summed E-state index contributed by atoms with van der Waals surface area (Å²) in [5, 5.41) is 0. The van der Waals surface area contributed by atoms with E-state index in [-0.39, 0.29) is 0 Å². The summed E-state index contributed by atoms with van der Waals surface area (Å²) in [4.78, 5) is 0. The van der Waals surface area contributed by atoms with Crippen LogP contribution in [0.5, 0.6) is 0 Å². The molecule has 0 saturated heterocycles. The summed E-state index contributed by atoms with van der Waals surface area (Å²) in [5.41, 5.74) is 1.22. The van der Waals surface area contributed by atoms with E-state index in [0.29, 0.717) is 0 Å². The van der Waals surface area contributed by atoms with Gasteiger partial charge in [-0.15, -0.1) is 11.1 Å². The van der Waals surface area contributed by atoms with Crippen LogP contribution in [0.15, 0.2) is 30.3 Å². The lowest BCUT2D eigenvalue weighted by atomic mass is 10.2. The molecule has 0 N–H and O–H groups in total. The fourth-order valence-corrected chi connectivity index (χ4v) is 3.81. The van der Waals surface area contributed by atoms with Crippen LogP contribution >= 0.6 is 11.1 Å². The van der Waals surface area contributed by atoms with Crippen molar-refractivity contribution in [2.45, 2.75) is 25.7 Å². The Labute approximate surface area is 97.6 Å². The molecule has 0 radical (unpaired) electrons. The van der Waals surface area contributed by atoms with Crippen molar-refractivity contribution in [1.82, 2.24) is 0 Å². The Morgan fingerprint density at radius 3 is 2.40 bits per heavy atom. The van der Waals surface area contributed by atoms with E-state index in [4.69, 9.17) is 20.2 Å². The van der Waals surface area contributed by atoms with Crippen LogP contribution in [-0.4, -0.2) is 21.2 Å². The van der Waals surface area contributed by atoms with Gasteiger partial charge in [0.1, 0.15) is 0 Å². The lowest BCUT2D eigenvalue weighted by molar-refractivity contribution is -0.135. The van der Waals surface area contributed by atoms with E-state index in [2.05, 4.69) is 12.1 Å². The molecule has 0 saturated carbocycles. The number of ether oxygens (including phenoxy) is 1. The average Bonchev–Trinajstić information content (AvgIpc) is 2.18. The molecule has 1 unspecified atom stereocenters. The summed E-state index contributed by atoms with van der Waals surface area (Å²) in [6.07, 6.45) is 0. The topological polar surface area (TPSA) is 18.5 Å². The summed E-state index contributed by atoms with van der Waals surface area (Å²) < 4.78 is 10.8. The summed E-state index contributed by atoms with van der Waals surface area (Å²) >= 11 is 6.22. The standard InChI is InChI=1S/C11H17ClO2Si/c1-11(2,13-3)14-15(12)9-10-7-5-4-6-8-10/h4-8,15H,9H2,1-3H3. The zero-order chi connectivity index (χ0) is 11.3. The second-order valence-electron chi connectivity index (χ2n) is 3.82. The predicted molar refractivity (Wildman–Crippen MR) is 65.3 cm³/mol. The molecule has 4 heteroatoms. The molecule has 0 fully saturated rings. The molecule has 1 aromatic carbocycles. The Bertz CT molecular complexity index is 290. The second-order valence-corrected chi connectivity index (χ2v) is 6.75. The number of methoxy groups -OCH3 is 1. The van der Waals surface area contributed by atoms with Crippen LogP contribution in [0, 0.1) is 0 Å². The first kappa shape index (κ1) is 12.7. The largest absolute Gasteiger partial charge is 0.378 e. The fourth-order valence-electron chi connectivity index (χ4n) is 1.20. The minimum atomic E-state index is -1.72. The highest BCUT2D eigenvalue weighted by Gasteiger charge is 2.22. The molecule has 84 valence electrons. The van der Waals surface area contributed by atoms with Crippen molar-refractivity contribution in [3.05, 3.63) is 35.9 Å². The molecule has 0 amide bonds. The average molecular weight is 245 g/mol. The third-order valence-electron chi connectivity index (χ3n) is 2.14. The number of rotatable bonds is 5. The maximum absolute atomic E-state index is 6.22. The zero-order valence-electron chi connectivity index (χ0n) is 9.37. The third-order valence-corrected chi connectivity index (χ3v) is 4.49. The highest BCUT2D eigenvalue weighted by Crippen LogP contribution is 2.15. The van der Waals surface area contributed by atoms with Gasteiger partial charge in [-0.3, -0.25) is 0 Å². The summed E-state index contributed by atoms with van der Waals surface area (Å²) in [5.74, 6) is -0.576. The van der Waals surface area contributed by atoms with Gasteiger partial charge in [0.25, 0.3) is 8.35 Å². The van der Waals surface area contributed by atoms with Crippen LogP contribution in [0.2, 0.25) is 0 Å². The van der Waals surface area contributed by atoms with Crippen molar-refractivity contribution >= 4 is 19.4 Å². The van der Waals surface area contributed by atoms with E-state index in [0.717, 1.165) is 6.04 Å². The third kappa shape index (κ3) is 4.80. The lowest BCUT2D eigenvalue weighted by Gasteiger charge is -2.26. The van der Waals surface area contributed by atoms with Gasteiger partial charge in [-0.2, -0.15) is 0 Å². The Morgan fingerprint density at radius 2 is 1.87 bits per heavy atom. The summed E-state index contributed by atoms with van der Waals surface area (Å²) in [7, 11) is -0.0987. The highest BCUT2D eigenvalue weighted by atomic mass is 35.6. The molecule has 0 heterocycles. The van der Waals surface area contributed by atoms with Gasteiger partial charge in [0.2, 0.25) is 0 Å². The van der Waals surface area contributed by atoms with Gasteiger partial charge < -0.3 is 9.16 Å². The summed E-state index contributed by atoms with van der Waals surface area (Å²) in [6.45, 7) is 3.75. The minimum absolute atomic E-state index is 0.576. The van der Waals surface area contributed by atoms with Gasteiger partial charge in [0.15, 0.2) is 5.79 Å². The first-order chi connectivity index (χ1) is 7.03. The Hall–Kier alpha value is -0.353. The smallest absolute Gasteiger partial charge is 0.281 e. The van der Waals surface area contributed by atoms with E-state index in [1.165, 1.54) is 5.56 Å². The summed E-state index contributed by atoms with van der Waals surface area (Å²) in [6, 6.07) is 10.9. The van der Waals surface area contributed by atoms with Crippen LogP contribution in [0.4, 0.5) is 0 Å². The molecule has 0 aromatic heterocycles. The Kier molecular flexibility index (Phi) is 4.79. The maximum atomic E-state index is 6.22. The van der Waals surface area contributed by atoms with Crippen molar-refractivity contribution in [3.63, 3.8) is 0 Å². The first-order valence-electron chi connectivity index (χ1n) is 4.94. The van der Waals surface area contributed by atoms with Gasteiger partial charge in [-0.1, -0.05) is 30.3 Å². The lowest BCUT2D eigenvalue weighted by Crippen LogP contribution is -2.33. The minimum Gasteiger partial charge on any atom is -0.378 e. The van der Waals surface area contributed by atoms with Gasteiger partial charge in [0.05, 0.1) is 0 Å². The van der Waals surface area contributed by atoms with E-state index in [1.54, 1.807) is 7.11 Å². The molecule has 0 bridgehead atoms. The molecule has 0 aliphatic rings. The molecular formula is C11H17ClO2Si. The van der Waals surface area contributed by atoms with Crippen molar-refractivity contribution in [2.24, 2.45) is 0 Å². The van der Waals surface area contributed by atoms with Gasteiger partial charge in [-0.05, 0) is 19.4 Å². The van der Waals surface area contributed by atoms with Crippen LogP contribution < -0.4 is 0 Å². The molecule has 2 nitrogen and oxygen atoms in total. The normalized spacial score (nSPS) is 13.9. The van der Waals surface area contributed by atoms with E-state index in [9.17, 15) is 0 Å². The Morgan fingerprint density at radius 1 is 1.27 bits per heavy atom. The van der Waals surface area contributed by atoms with Crippen molar-refractivity contribution in [1.29, 1.82) is 0 Å². The number of halogens is 1. The maximum Gasteiger partial charge on any atom is 0.281 e. The van der Waals surface area contributed by atoms with E-state index >= 15 is 0 Å². The van der Waals surface area contributed by atoms with Crippen LogP contribution in [0.1, 0.15) is 19.4 Å². The number of benzene rings is 1. The molecule has 1 aromatic rings. The van der Waals surface area contributed by atoms with Crippen LogP contribution in [0.25, 0.3) is 0 Å². The SMILES string of the molecule is COC(C)(C)O[SiH](Cl)Cc1ccccc1. The second kappa shape index (κ2) is 5.65. The zero-order valence-corrected chi connectivity index (χ0v) is 11.3. The predicted octanol–water partition coefficient (Wildman–Crippen LogP) is 2.63. The first-order valence-corrected chi connectivity index (χ1v) is 7.98. The van der Waals surface area contributed by atoms with Gasteiger partial charge in [0, 0.05) is 13.2 Å². The highest BCUT2D eigenvalue weighted by molar-refractivity contribution is 7.02. The molecule has 15 heavy (non-hydrogen) atoms. The molecule has 1 rings (SSSR count). The molecule has 1 atom stereocenters. The molecular weight excluding hydrogens is 228 g/mol. The van der Waals surface area contributed by atoms with E-state index < -0.39 is 14.1 Å². The van der Waals surface area contributed by atoms with Crippen LogP contribution in [-0.2, 0) is 15.2 Å². The molecule has 0 aliphatic heterocycles. The molecule has 0 spiro atoms. The van der Waals surface area contributed by atoms with E-state index in [1.807, 2.05) is 32.0 Å². The number of hydrogen-bond acceptors (Lipinski definition) is 2. The van der Waals surface area contributed by atoms with Crippen molar-refractivity contribution < 1.29 is 9.16 Å². The van der Waals surface area contributed by atoms with Crippen molar-refractivity contribution in [3.8, 4) is 0 Å². The molecule has 0 aliphatic carbocycles. The fraction of sp³-hybridized carbons (Fsp3) is 0.455. The van der Waals surface area contributed by atoms with Gasteiger partial charge in [-0.25, -0.2) is 0 Å². The quantitative estimate of drug-likeness (QED) is 0.450. The monoisotopic (exact) mass is 244 g/mol. The Balaban J connectivity index is 2.46.